The number of pyridine rings is 1. The highest BCUT2D eigenvalue weighted by atomic mass is 35.5. The zero-order chi connectivity index (χ0) is 17.7. The summed E-state index contributed by atoms with van der Waals surface area (Å²) in [4.78, 5) is 27.8. The fourth-order valence-electron chi connectivity index (χ4n) is 1.78. The number of amides is 1. The summed E-state index contributed by atoms with van der Waals surface area (Å²) in [5.74, 6) is -2.12. The zero-order valence-corrected chi connectivity index (χ0v) is 13.6. The lowest BCUT2D eigenvalue weighted by atomic mass is 10.2. The van der Waals surface area contributed by atoms with Gasteiger partial charge in [-0.3, -0.25) is 4.79 Å². The quantitative estimate of drug-likeness (QED) is 0.661. The van der Waals surface area contributed by atoms with Gasteiger partial charge in [0, 0.05) is 12.3 Å². The molecule has 0 radical (unpaired) electrons. The van der Waals surface area contributed by atoms with Gasteiger partial charge in [-0.15, -0.1) is 0 Å². The first-order valence-electron chi connectivity index (χ1n) is 6.88. The number of carbonyl (C=O) groups is 2. The number of carbonyl (C=O) groups excluding carboxylic acids is 2. The topological polar surface area (TPSA) is 77.5 Å². The third kappa shape index (κ3) is 4.20. The standard InChI is InChI=1S/C16H14ClFN2O4/c1-9(15(21)20-13-4-3-7-19-14(13)17)24-16(22)11-6-5-10(23-2)8-12(11)18/h3-9H,1-2H3,(H,20,21)/t9-/m1/s1. The Balaban J connectivity index is 2.03. The monoisotopic (exact) mass is 352 g/mol. The molecule has 2 rings (SSSR count). The van der Waals surface area contributed by atoms with Crippen LogP contribution in [0.15, 0.2) is 36.5 Å². The Morgan fingerprint density at radius 2 is 2.08 bits per heavy atom. The number of aromatic nitrogens is 1. The van der Waals surface area contributed by atoms with Crippen LogP contribution in [0, 0.1) is 5.82 Å². The molecule has 1 heterocycles. The highest BCUT2D eigenvalue weighted by molar-refractivity contribution is 6.32. The van der Waals surface area contributed by atoms with Crippen LogP contribution in [0.25, 0.3) is 0 Å². The predicted molar refractivity (Wildman–Crippen MR) is 85.7 cm³/mol. The molecular weight excluding hydrogens is 339 g/mol. The van der Waals surface area contributed by atoms with Gasteiger partial charge in [0.25, 0.3) is 5.91 Å². The van der Waals surface area contributed by atoms with Gasteiger partial charge in [-0.25, -0.2) is 14.2 Å². The second kappa shape index (κ2) is 7.74. The maximum atomic E-state index is 13.8. The van der Waals surface area contributed by atoms with E-state index in [2.05, 4.69) is 10.3 Å². The number of anilines is 1. The molecule has 0 fully saturated rings. The number of methoxy groups -OCH3 is 1. The molecule has 1 aromatic carbocycles. The van der Waals surface area contributed by atoms with E-state index in [9.17, 15) is 14.0 Å². The van der Waals surface area contributed by atoms with Crippen LogP contribution in [0.1, 0.15) is 17.3 Å². The summed E-state index contributed by atoms with van der Waals surface area (Å²) >= 11 is 5.83. The maximum absolute atomic E-state index is 13.8. The molecule has 1 N–H and O–H groups in total. The summed E-state index contributed by atoms with van der Waals surface area (Å²) in [6.45, 7) is 1.36. The van der Waals surface area contributed by atoms with Crippen molar-refractivity contribution in [3.05, 3.63) is 53.1 Å². The highest BCUT2D eigenvalue weighted by Crippen LogP contribution is 2.19. The minimum Gasteiger partial charge on any atom is -0.497 e. The van der Waals surface area contributed by atoms with Gasteiger partial charge in [-0.1, -0.05) is 11.6 Å². The van der Waals surface area contributed by atoms with E-state index in [0.29, 0.717) is 0 Å². The van der Waals surface area contributed by atoms with Gasteiger partial charge in [-0.2, -0.15) is 0 Å². The Kier molecular flexibility index (Phi) is 5.70. The number of hydrogen-bond donors (Lipinski definition) is 1. The van der Waals surface area contributed by atoms with Crippen LogP contribution >= 0.6 is 11.6 Å². The molecule has 0 aliphatic heterocycles. The van der Waals surface area contributed by atoms with Crippen LogP contribution in [-0.4, -0.2) is 30.1 Å². The van der Waals surface area contributed by atoms with Crippen LogP contribution < -0.4 is 10.1 Å². The minimum atomic E-state index is -1.16. The van der Waals surface area contributed by atoms with Gasteiger partial charge in [0.2, 0.25) is 0 Å². The number of rotatable bonds is 5. The van der Waals surface area contributed by atoms with Crippen LogP contribution in [0.4, 0.5) is 10.1 Å². The van der Waals surface area contributed by atoms with Gasteiger partial charge in [0.1, 0.15) is 11.6 Å². The number of ether oxygens (including phenoxy) is 2. The Bertz CT molecular complexity index is 769. The van der Waals surface area contributed by atoms with E-state index in [-0.39, 0.29) is 22.2 Å². The van der Waals surface area contributed by atoms with E-state index < -0.39 is 23.8 Å². The van der Waals surface area contributed by atoms with Crippen molar-refractivity contribution >= 4 is 29.2 Å². The second-order valence-electron chi connectivity index (χ2n) is 4.72. The van der Waals surface area contributed by atoms with Crippen LogP contribution in [-0.2, 0) is 9.53 Å². The second-order valence-corrected chi connectivity index (χ2v) is 5.08. The Morgan fingerprint density at radius 1 is 1.33 bits per heavy atom. The van der Waals surface area contributed by atoms with Crippen molar-refractivity contribution in [3.8, 4) is 5.75 Å². The number of esters is 1. The molecule has 0 unspecified atom stereocenters. The number of nitrogens with one attached hydrogen (secondary N) is 1. The minimum absolute atomic E-state index is 0.102. The van der Waals surface area contributed by atoms with Gasteiger partial charge in [-0.05, 0) is 31.2 Å². The molecule has 0 aliphatic rings. The molecule has 126 valence electrons. The van der Waals surface area contributed by atoms with Crippen LogP contribution in [0.5, 0.6) is 5.75 Å². The Hall–Kier alpha value is -2.67. The van der Waals surface area contributed by atoms with Crippen molar-refractivity contribution in [3.63, 3.8) is 0 Å². The van der Waals surface area contributed by atoms with Crippen molar-refractivity contribution in [2.24, 2.45) is 0 Å². The molecule has 0 spiro atoms. The molecule has 0 saturated carbocycles. The van der Waals surface area contributed by atoms with Crippen LogP contribution in [0.3, 0.4) is 0 Å². The maximum Gasteiger partial charge on any atom is 0.341 e. The van der Waals surface area contributed by atoms with Crippen molar-refractivity contribution in [2.75, 3.05) is 12.4 Å². The number of benzene rings is 1. The average molecular weight is 353 g/mol. The molecule has 1 atom stereocenters. The third-order valence-electron chi connectivity index (χ3n) is 3.07. The van der Waals surface area contributed by atoms with Crippen molar-refractivity contribution in [2.45, 2.75) is 13.0 Å². The smallest absolute Gasteiger partial charge is 0.341 e. The fraction of sp³-hybridized carbons (Fsp3) is 0.188. The zero-order valence-electron chi connectivity index (χ0n) is 12.9. The lowest BCUT2D eigenvalue weighted by Crippen LogP contribution is -2.30. The fourth-order valence-corrected chi connectivity index (χ4v) is 1.95. The summed E-state index contributed by atoms with van der Waals surface area (Å²) in [6, 6.07) is 6.82. The van der Waals surface area contributed by atoms with Gasteiger partial charge in [0.15, 0.2) is 11.3 Å². The van der Waals surface area contributed by atoms with E-state index in [1.165, 1.54) is 32.4 Å². The summed E-state index contributed by atoms with van der Waals surface area (Å²) in [7, 11) is 1.38. The summed E-state index contributed by atoms with van der Waals surface area (Å²) in [6.07, 6.45) is 0.309. The van der Waals surface area contributed by atoms with Crippen LogP contribution in [0.2, 0.25) is 5.15 Å². The summed E-state index contributed by atoms with van der Waals surface area (Å²) in [5, 5.41) is 2.58. The third-order valence-corrected chi connectivity index (χ3v) is 3.37. The van der Waals surface area contributed by atoms with Crippen molar-refractivity contribution < 1.29 is 23.5 Å². The van der Waals surface area contributed by atoms with E-state index in [4.69, 9.17) is 21.1 Å². The van der Waals surface area contributed by atoms with E-state index in [1.807, 2.05) is 0 Å². The van der Waals surface area contributed by atoms with E-state index in [1.54, 1.807) is 12.1 Å². The number of hydrogen-bond acceptors (Lipinski definition) is 5. The highest BCUT2D eigenvalue weighted by Gasteiger charge is 2.22. The lowest BCUT2D eigenvalue weighted by Gasteiger charge is -2.14. The first kappa shape index (κ1) is 17.7. The Morgan fingerprint density at radius 3 is 2.71 bits per heavy atom. The molecular formula is C16H14ClFN2O4. The van der Waals surface area contributed by atoms with Gasteiger partial charge < -0.3 is 14.8 Å². The van der Waals surface area contributed by atoms with Crippen molar-refractivity contribution in [1.82, 2.24) is 4.98 Å². The molecule has 0 aliphatic carbocycles. The molecule has 6 nitrogen and oxygen atoms in total. The molecule has 0 saturated heterocycles. The SMILES string of the molecule is COc1ccc(C(=O)O[C@H](C)C(=O)Nc2cccnc2Cl)c(F)c1. The van der Waals surface area contributed by atoms with E-state index in [0.717, 1.165) is 6.07 Å². The molecule has 0 bridgehead atoms. The van der Waals surface area contributed by atoms with Crippen molar-refractivity contribution in [1.29, 1.82) is 0 Å². The lowest BCUT2D eigenvalue weighted by molar-refractivity contribution is -0.123. The number of nitrogens with zero attached hydrogens (tertiary/aromatic N) is 1. The molecule has 1 amide bonds. The molecule has 24 heavy (non-hydrogen) atoms. The first-order chi connectivity index (χ1) is 11.4. The summed E-state index contributed by atoms with van der Waals surface area (Å²) in [5.41, 5.74) is -0.0162. The summed E-state index contributed by atoms with van der Waals surface area (Å²) < 4.78 is 23.7. The molecule has 8 heteroatoms. The normalized spacial score (nSPS) is 11.5. The molecule has 2 aromatic rings. The average Bonchev–Trinajstić information content (AvgIpc) is 2.56. The van der Waals surface area contributed by atoms with Gasteiger partial charge in [0.05, 0.1) is 18.4 Å². The van der Waals surface area contributed by atoms with E-state index >= 15 is 0 Å². The first-order valence-corrected chi connectivity index (χ1v) is 7.26. The predicted octanol–water partition coefficient (Wildman–Crippen LogP) is 3.07. The molecule has 1 aromatic heterocycles. The largest absolute Gasteiger partial charge is 0.497 e. The Labute approximate surface area is 142 Å². The number of halogens is 2. The van der Waals surface area contributed by atoms with Gasteiger partial charge >= 0.3 is 5.97 Å².